The lowest BCUT2D eigenvalue weighted by molar-refractivity contribution is 1.16. The molecule has 0 fully saturated rings. The van der Waals surface area contributed by atoms with E-state index in [2.05, 4.69) is 6.07 Å². The fourth-order valence-electron chi connectivity index (χ4n) is 1.24. The van der Waals surface area contributed by atoms with Gasteiger partial charge in [-0.05, 0) is 25.0 Å². The van der Waals surface area contributed by atoms with Gasteiger partial charge in [-0.15, -0.1) is 0 Å². The van der Waals surface area contributed by atoms with Crippen LogP contribution in [-0.2, 0) is 0 Å². The number of halogens is 2. The van der Waals surface area contributed by atoms with E-state index in [4.69, 9.17) is 28.5 Å². The normalized spacial score (nSPS) is 11.9. The van der Waals surface area contributed by atoms with Crippen molar-refractivity contribution in [3.05, 3.63) is 39.9 Å². The molecule has 15 heavy (non-hydrogen) atoms. The summed E-state index contributed by atoms with van der Waals surface area (Å²) in [5.74, 6) is 0. The minimum absolute atomic E-state index is 0.449. The molecule has 0 radical (unpaired) electrons. The van der Waals surface area contributed by atoms with Gasteiger partial charge in [-0.2, -0.15) is 5.26 Å². The van der Waals surface area contributed by atoms with Gasteiger partial charge in [0.25, 0.3) is 0 Å². The van der Waals surface area contributed by atoms with Crippen molar-refractivity contribution in [2.75, 3.05) is 0 Å². The van der Waals surface area contributed by atoms with Crippen molar-refractivity contribution in [2.45, 2.75) is 20.3 Å². The summed E-state index contributed by atoms with van der Waals surface area (Å²) in [4.78, 5) is 0. The first-order valence-electron chi connectivity index (χ1n) is 4.65. The molecule has 1 aromatic carbocycles. The van der Waals surface area contributed by atoms with Crippen molar-refractivity contribution in [2.24, 2.45) is 0 Å². The number of benzene rings is 1. The molecule has 0 saturated carbocycles. The molecule has 0 atom stereocenters. The Bertz CT molecular complexity index is 441. The number of hydrogen-bond donors (Lipinski definition) is 0. The summed E-state index contributed by atoms with van der Waals surface area (Å²) in [7, 11) is 0. The topological polar surface area (TPSA) is 23.8 Å². The van der Waals surface area contributed by atoms with Crippen molar-refractivity contribution in [3.63, 3.8) is 0 Å². The second kappa shape index (κ2) is 5.21. The second-order valence-electron chi connectivity index (χ2n) is 3.24. The van der Waals surface area contributed by atoms with E-state index in [1.54, 1.807) is 0 Å². The Morgan fingerprint density at radius 3 is 2.60 bits per heavy atom. The Morgan fingerprint density at radius 2 is 2.13 bits per heavy atom. The van der Waals surface area contributed by atoms with Crippen molar-refractivity contribution < 1.29 is 0 Å². The molecular weight excluding hydrogens is 229 g/mol. The summed E-state index contributed by atoms with van der Waals surface area (Å²) in [6, 6.07) is 7.68. The lowest BCUT2D eigenvalue weighted by Gasteiger charge is -2.05. The van der Waals surface area contributed by atoms with Crippen molar-refractivity contribution in [3.8, 4) is 6.07 Å². The smallest absolute Gasteiger partial charge is 0.0962 e. The second-order valence-corrected chi connectivity index (χ2v) is 4.03. The van der Waals surface area contributed by atoms with Gasteiger partial charge in [0.05, 0.1) is 11.1 Å². The lowest BCUT2D eigenvalue weighted by Crippen LogP contribution is -1.86. The van der Waals surface area contributed by atoms with E-state index < -0.39 is 0 Å². The summed E-state index contributed by atoms with van der Waals surface area (Å²) >= 11 is 12.2. The Kier molecular flexibility index (Phi) is 4.20. The molecule has 0 aliphatic carbocycles. The predicted molar refractivity (Wildman–Crippen MR) is 64.9 cm³/mol. The van der Waals surface area contributed by atoms with Gasteiger partial charge in [0.1, 0.15) is 0 Å². The van der Waals surface area contributed by atoms with Crippen LogP contribution in [0.1, 0.15) is 24.5 Å². The zero-order chi connectivity index (χ0) is 11.4. The summed E-state index contributed by atoms with van der Waals surface area (Å²) in [5.41, 5.74) is 2.35. The summed E-state index contributed by atoms with van der Waals surface area (Å²) in [5, 5.41) is 9.90. The largest absolute Gasteiger partial charge is 0.193 e. The number of allylic oxidation sites excluding steroid dienone is 1. The van der Waals surface area contributed by atoms with Crippen molar-refractivity contribution in [1.29, 1.82) is 5.26 Å². The van der Waals surface area contributed by atoms with Gasteiger partial charge < -0.3 is 0 Å². The molecule has 3 heteroatoms. The van der Waals surface area contributed by atoms with Crippen LogP contribution in [-0.4, -0.2) is 0 Å². The molecule has 0 unspecified atom stereocenters. The van der Waals surface area contributed by atoms with Crippen LogP contribution in [0.2, 0.25) is 5.02 Å². The molecule has 0 bridgehead atoms. The summed E-state index contributed by atoms with van der Waals surface area (Å²) in [6.07, 6.45) is 0.611. The van der Waals surface area contributed by atoms with Gasteiger partial charge in [0.15, 0.2) is 0 Å². The fourth-order valence-corrected chi connectivity index (χ4v) is 1.96. The number of aryl methyl sites for hydroxylation is 1. The highest BCUT2D eigenvalue weighted by molar-refractivity contribution is 6.51. The Balaban J connectivity index is 3.29. The van der Waals surface area contributed by atoms with Gasteiger partial charge in [-0.3, -0.25) is 0 Å². The molecule has 0 aliphatic heterocycles. The predicted octanol–water partition coefficient (Wildman–Crippen LogP) is 4.53. The molecule has 0 aromatic heterocycles. The number of nitrogens with zero attached hydrogens (tertiary/aromatic N) is 1. The maximum atomic E-state index is 8.87. The average molecular weight is 240 g/mol. The van der Waals surface area contributed by atoms with E-state index in [1.165, 1.54) is 0 Å². The Morgan fingerprint density at radius 1 is 1.47 bits per heavy atom. The molecule has 0 amide bonds. The van der Waals surface area contributed by atoms with Crippen LogP contribution in [0.25, 0.3) is 5.03 Å². The maximum Gasteiger partial charge on any atom is 0.0962 e. The molecule has 1 rings (SSSR count). The molecule has 0 saturated heterocycles. The van der Waals surface area contributed by atoms with Crippen LogP contribution < -0.4 is 0 Å². The SMILES string of the molecule is CC/C(C#N)=C(/Cl)c1ccc(C)cc1Cl. The first-order valence-corrected chi connectivity index (χ1v) is 5.41. The molecule has 0 N–H and O–H groups in total. The number of nitriles is 1. The Labute approximate surface area is 99.9 Å². The molecule has 0 aliphatic rings. The fraction of sp³-hybridized carbons (Fsp3) is 0.250. The van der Waals surface area contributed by atoms with E-state index in [-0.39, 0.29) is 0 Å². The number of hydrogen-bond acceptors (Lipinski definition) is 1. The highest BCUT2D eigenvalue weighted by atomic mass is 35.5. The lowest BCUT2D eigenvalue weighted by atomic mass is 10.1. The molecule has 0 spiro atoms. The van der Waals surface area contributed by atoms with E-state index in [0.717, 1.165) is 11.1 Å². The standard InChI is InChI=1S/C12H11Cl2N/c1-3-9(7-15)12(14)10-5-4-8(2)6-11(10)13/h4-6H,3H2,1-2H3/b12-9-. The van der Waals surface area contributed by atoms with E-state index in [1.807, 2.05) is 32.0 Å². The van der Waals surface area contributed by atoms with Gasteiger partial charge in [-0.25, -0.2) is 0 Å². The van der Waals surface area contributed by atoms with Gasteiger partial charge in [0, 0.05) is 16.2 Å². The van der Waals surface area contributed by atoms with E-state index >= 15 is 0 Å². The van der Waals surface area contributed by atoms with Crippen LogP contribution in [0.15, 0.2) is 23.8 Å². The van der Waals surface area contributed by atoms with E-state index in [0.29, 0.717) is 22.0 Å². The average Bonchev–Trinajstić information content (AvgIpc) is 2.19. The van der Waals surface area contributed by atoms with Crippen LogP contribution in [0.3, 0.4) is 0 Å². The van der Waals surface area contributed by atoms with E-state index in [9.17, 15) is 0 Å². The first-order chi connectivity index (χ1) is 7.10. The highest BCUT2D eigenvalue weighted by Gasteiger charge is 2.08. The van der Waals surface area contributed by atoms with Gasteiger partial charge in [0.2, 0.25) is 0 Å². The maximum absolute atomic E-state index is 8.87. The molecule has 78 valence electrons. The Hall–Kier alpha value is -0.970. The van der Waals surface area contributed by atoms with Crippen LogP contribution in [0.5, 0.6) is 0 Å². The van der Waals surface area contributed by atoms with Crippen molar-refractivity contribution in [1.82, 2.24) is 0 Å². The minimum Gasteiger partial charge on any atom is -0.193 e. The van der Waals surface area contributed by atoms with Crippen LogP contribution in [0, 0.1) is 18.3 Å². The van der Waals surface area contributed by atoms with Gasteiger partial charge in [-0.1, -0.05) is 42.3 Å². The third-order valence-electron chi connectivity index (χ3n) is 2.11. The zero-order valence-electron chi connectivity index (χ0n) is 8.64. The third kappa shape index (κ3) is 2.75. The summed E-state index contributed by atoms with van der Waals surface area (Å²) in [6.45, 7) is 3.85. The third-order valence-corrected chi connectivity index (χ3v) is 2.86. The minimum atomic E-state index is 0.449. The van der Waals surface area contributed by atoms with Gasteiger partial charge >= 0.3 is 0 Å². The van der Waals surface area contributed by atoms with Crippen LogP contribution >= 0.6 is 23.2 Å². The highest BCUT2D eigenvalue weighted by Crippen LogP contribution is 2.30. The van der Waals surface area contributed by atoms with Crippen LogP contribution in [0.4, 0.5) is 0 Å². The van der Waals surface area contributed by atoms with Crippen molar-refractivity contribution >= 4 is 28.2 Å². The zero-order valence-corrected chi connectivity index (χ0v) is 10.2. The number of rotatable bonds is 2. The molecule has 0 heterocycles. The summed E-state index contributed by atoms with van der Waals surface area (Å²) < 4.78 is 0. The molecular formula is C12H11Cl2N. The molecule has 1 nitrogen and oxygen atoms in total. The monoisotopic (exact) mass is 239 g/mol. The first kappa shape index (κ1) is 12.1. The molecule has 1 aromatic rings. The quantitative estimate of drug-likeness (QED) is 0.696.